The zero-order valence-electron chi connectivity index (χ0n) is 39.9. The molecule has 0 amide bonds. The van der Waals surface area contributed by atoms with Crippen LogP contribution in [0, 0.1) is 17.5 Å². The molecular formula is C51H39F9N16O. The zero-order chi connectivity index (χ0) is 54.0. The first-order chi connectivity index (χ1) is 37.0. The molecule has 0 saturated heterocycles. The molecule has 0 radical (unpaired) electrons. The number of benzene rings is 1. The third kappa shape index (κ3) is 11.8. The highest BCUT2D eigenvalue weighted by Crippen LogP contribution is 2.43. The minimum absolute atomic E-state index is 0.0520. The van der Waals surface area contributed by atoms with Crippen LogP contribution in [0.25, 0.3) is 45.4 Å². The molecule has 2 saturated carbocycles. The molecule has 2 aliphatic rings. The summed E-state index contributed by atoms with van der Waals surface area (Å²) in [6, 6.07) is 18.8. The number of hydrogen-bond donors (Lipinski definition) is 4. The molecule has 1 aromatic carbocycles. The number of nitrogens with zero attached hydrogens (tertiary/aromatic N) is 12. The predicted molar refractivity (Wildman–Crippen MR) is 263 cm³/mol. The normalized spacial score (nSPS) is 13.4. The number of fused-ring (bicyclic) bond motifs is 2. The lowest BCUT2D eigenvalue weighted by Gasteiger charge is -2.12. The molecule has 0 aliphatic heterocycles. The van der Waals surface area contributed by atoms with Gasteiger partial charge in [-0.15, -0.1) is 0 Å². The van der Waals surface area contributed by atoms with E-state index in [2.05, 4.69) is 65.5 Å². The Balaban J connectivity index is 0.000000156. The minimum Gasteiger partial charge on any atom is -0.497 e. The molecule has 12 rings (SSSR count). The molecule has 9 heterocycles. The lowest BCUT2D eigenvalue weighted by Crippen LogP contribution is -2.09. The summed E-state index contributed by atoms with van der Waals surface area (Å²) in [6.07, 6.45) is 2.04. The topological polar surface area (TPSA) is 222 Å². The summed E-state index contributed by atoms with van der Waals surface area (Å²) in [4.78, 5) is 48.5. The van der Waals surface area contributed by atoms with Gasteiger partial charge in [0.2, 0.25) is 0 Å². The number of nitrogens with one attached hydrogen (secondary N) is 3. The standard InChI is InChI=1S/C27H21F4N7O.C19H13F4N7.C5H5FN2/c1-39-17-9-5-15(6-10-17)14-38-25(16-7-8-16)35-22-24(34-19-11-12-32-13-18(19)28)36-23(37-26(22)38)20-3-2-4-21(33-20)27(29,30)31;20-10-8-24-7-6-11(10)26-17-14-18(28-15(27-14)9-4-5-9)30-16(29-17)12-2-1-3-13(25-12)19(21,22)23;6-4-3-8-2-1-5(4)7/h2-6,9-13,16H,7-8,14H2,1H3,(H,32,34,36,37);1-3,6-9H,4-5H2,(H2,24,26,27,28,29,30);1-3H,(H2,7,8). The Morgan fingerprint density at radius 2 is 1.16 bits per heavy atom. The number of alkyl halides is 6. The highest BCUT2D eigenvalue weighted by atomic mass is 19.4. The van der Waals surface area contributed by atoms with Crippen LogP contribution in [0.15, 0.2) is 116 Å². The summed E-state index contributed by atoms with van der Waals surface area (Å²) in [7, 11) is 1.59. The molecule has 77 heavy (non-hydrogen) atoms. The van der Waals surface area contributed by atoms with Gasteiger partial charge >= 0.3 is 12.4 Å². The highest BCUT2D eigenvalue weighted by Gasteiger charge is 2.35. The quantitative estimate of drug-likeness (QED) is 0.0885. The van der Waals surface area contributed by atoms with E-state index in [-0.39, 0.29) is 69.2 Å². The molecule has 2 aliphatic carbocycles. The van der Waals surface area contributed by atoms with Crippen LogP contribution in [0.4, 0.5) is 68.2 Å². The molecule has 5 N–H and O–H groups in total. The molecular weight excluding hydrogens is 1020 g/mol. The van der Waals surface area contributed by atoms with Crippen LogP contribution in [0.1, 0.15) is 66.1 Å². The monoisotopic (exact) mass is 1060 g/mol. The minimum atomic E-state index is -4.64. The number of methoxy groups -OCH3 is 1. The van der Waals surface area contributed by atoms with E-state index in [9.17, 15) is 39.5 Å². The molecule has 2 fully saturated rings. The second-order valence-corrected chi connectivity index (χ2v) is 17.4. The van der Waals surface area contributed by atoms with E-state index in [0.29, 0.717) is 34.8 Å². The highest BCUT2D eigenvalue weighted by molar-refractivity contribution is 5.88. The number of nitrogen functional groups attached to an aromatic ring is 1. The fourth-order valence-corrected chi connectivity index (χ4v) is 7.64. The Kier molecular flexibility index (Phi) is 14.0. The van der Waals surface area contributed by atoms with Gasteiger partial charge in [0.1, 0.15) is 45.7 Å². The predicted octanol–water partition coefficient (Wildman–Crippen LogP) is 11.5. The number of anilines is 5. The van der Waals surface area contributed by atoms with Gasteiger partial charge in [-0.2, -0.15) is 26.3 Å². The third-order valence-electron chi connectivity index (χ3n) is 11.8. The van der Waals surface area contributed by atoms with Crippen molar-refractivity contribution in [2.75, 3.05) is 23.5 Å². The number of halogens is 9. The average Bonchev–Trinajstić information content (AvgIpc) is 4.44. The largest absolute Gasteiger partial charge is 0.497 e. The van der Waals surface area contributed by atoms with E-state index >= 15 is 0 Å². The van der Waals surface area contributed by atoms with Crippen molar-refractivity contribution in [1.82, 2.24) is 64.4 Å². The zero-order valence-corrected chi connectivity index (χ0v) is 39.9. The number of nitrogens with two attached hydrogens (primary N) is 1. The summed E-state index contributed by atoms with van der Waals surface area (Å²) >= 11 is 0. The summed E-state index contributed by atoms with van der Waals surface area (Å²) in [5.41, 5.74) is 5.59. The molecule has 26 heteroatoms. The first-order valence-electron chi connectivity index (χ1n) is 23.3. The Morgan fingerprint density at radius 3 is 1.68 bits per heavy atom. The van der Waals surface area contributed by atoms with Crippen LogP contribution in [0.3, 0.4) is 0 Å². The van der Waals surface area contributed by atoms with Gasteiger partial charge in [-0.3, -0.25) is 15.0 Å². The molecule has 392 valence electrons. The lowest BCUT2D eigenvalue weighted by atomic mass is 10.2. The van der Waals surface area contributed by atoms with Gasteiger partial charge in [0.25, 0.3) is 0 Å². The number of aromatic nitrogens is 13. The Bertz CT molecular complexity index is 3730. The third-order valence-corrected chi connectivity index (χ3v) is 11.8. The number of aromatic amines is 1. The fourth-order valence-electron chi connectivity index (χ4n) is 7.64. The molecule has 0 spiro atoms. The number of H-pyrrole nitrogens is 1. The van der Waals surface area contributed by atoms with Gasteiger partial charge in [0, 0.05) is 30.4 Å². The van der Waals surface area contributed by atoms with Crippen LogP contribution in [0.5, 0.6) is 5.75 Å². The van der Waals surface area contributed by atoms with Crippen LogP contribution < -0.4 is 21.1 Å². The molecule has 10 aromatic rings. The number of hydrogen-bond acceptors (Lipinski definition) is 15. The van der Waals surface area contributed by atoms with E-state index < -0.39 is 41.2 Å². The number of imidazole rings is 2. The molecule has 0 atom stereocenters. The Labute approximate surface area is 429 Å². The number of ether oxygens (including phenoxy) is 1. The fraction of sp³-hybridized carbons (Fsp3) is 0.196. The van der Waals surface area contributed by atoms with Crippen molar-refractivity contribution in [2.24, 2.45) is 0 Å². The van der Waals surface area contributed by atoms with Crippen molar-refractivity contribution in [1.29, 1.82) is 0 Å². The van der Waals surface area contributed by atoms with Gasteiger partial charge < -0.3 is 30.7 Å². The molecule has 0 unspecified atom stereocenters. The van der Waals surface area contributed by atoms with Crippen molar-refractivity contribution in [3.05, 3.63) is 162 Å². The van der Waals surface area contributed by atoms with Gasteiger partial charge in [-0.25, -0.2) is 53.0 Å². The van der Waals surface area contributed by atoms with Crippen molar-refractivity contribution < 1.29 is 44.3 Å². The van der Waals surface area contributed by atoms with E-state index in [1.807, 2.05) is 28.8 Å². The van der Waals surface area contributed by atoms with Crippen molar-refractivity contribution in [3.8, 4) is 28.8 Å². The van der Waals surface area contributed by atoms with Crippen LogP contribution >= 0.6 is 0 Å². The maximum Gasteiger partial charge on any atom is 0.433 e. The Hall–Kier alpha value is -9.36. The second kappa shape index (κ2) is 21.1. The van der Waals surface area contributed by atoms with E-state index in [4.69, 9.17) is 15.5 Å². The summed E-state index contributed by atoms with van der Waals surface area (Å²) in [6.45, 7) is 0.405. The first-order valence-corrected chi connectivity index (χ1v) is 23.3. The summed E-state index contributed by atoms with van der Waals surface area (Å²) in [5.74, 6) is 1.21. The van der Waals surface area contributed by atoms with Gasteiger partial charge in [0.05, 0.1) is 49.3 Å². The second-order valence-electron chi connectivity index (χ2n) is 17.4. The SMILES string of the molecule is COc1ccc(Cn2c(C3CC3)nc3c(Nc4ccncc4F)nc(-c4cccc(C(F)(F)F)n4)nc32)cc1.Fc1cnccc1Nc1nc(-c2cccc(C(F)(F)F)n2)nc2nc(C3CC3)[nH]c12.Nc1ccncc1F. The smallest absolute Gasteiger partial charge is 0.433 e. The van der Waals surface area contributed by atoms with Crippen LogP contribution in [0.2, 0.25) is 0 Å². The molecule has 17 nitrogen and oxygen atoms in total. The van der Waals surface area contributed by atoms with E-state index in [1.54, 1.807) is 7.11 Å². The lowest BCUT2D eigenvalue weighted by molar-refractivity contribution is -0.141. The maximum absolute atomic E-state index is 14.5. The van der Waals surface area contributed by atoms with Crippen LogP contribution in [-0.2, 0) is 18.9 Å². The van der Waals surface area contributed by atoms with E-state index in [1.165, 1.54) is 61.1 Å². The van der Waals surface area contributed by atoms with E-state index in [0.717, 1.165) is 67.8 Å². The molecule has 9 aromatic heterocycles. The van der Waals surface area contributed by atoms with Gasteiger partial charge in [0.15, 0.2) is 57.5 Å². The summed E-state index contributed by atoms with van der Waals surface area (Å²) < 4.78 is 127. The average molecular weight is 1060 g/mol. The first kappa shape index (κ1) is 51.1. The van der Waals surface area contributed by atoms with Crippen molar-refractivity contribution in [3.63, 3.8) is 0 Å². The summed E-state index contributed by atoms with van der Waals surface area (Å²) in [5, 5.41) is 5.80. The number of rotatable bonds is 11. The molecule has 0 bridgehead atoms. The van der Waals surface area contributed by atoms with Gasteiger partial charge in [-0.1, -0.05) is 24.3 Å². The van der Waals surface area contributed by atoms with Crippen LogP contribution in [-0.4, -0.2) is 71.5 Å². The van der Waals surface area contributed by atoms with Crippen molar-refractivity contribution in [2.45, 2.75) is 56.4 Å². The van der Waals surface area contributed by atoms with Gasteiger partial charge in [-0.05, 0) is 85.8 Å². The maximum atomic E-state index is 14.5. The van der Waals surface area contributed by atoms with Crippen molar-refractivity contribution >= 4 is 51.0 Å². The Morgan fingerprint density at radius 1 is 0.610 bits per heavy atom. The number of pyridine rings is 5.